The third-order valence-corrected chi connectivity index (χ3v) is 3.13. The van der Waals surface area contributed by atoms with Crippen LogP contribution in [0.3, 0.4) is 0 Å². The van der Waals surface area contributed by atoms with E-state index in [1.54, 1.807) is 10.9 Å². The van der Waals surface area contributed by atoms with E-state index in [0.29, 0.717) is 18.7 Å². The van der Waals surface area contributed by atoms with Crippen LogP contribution in [0.4, 0.5) is 0 Å². The Morgan fingerprint density at radius 1 is 1.38 bits per heavy atom. The molecule has 0 saturated carbocycles. The number of hydrogen-bond donors (Lipinski definition) is 2. The Morgan fingerprint density at radius 2 is 2.14 bits per heavy atom. The van der Waals surface area contributed by atoms with E-state index in [9.17, 15) is 4.79 Å². The monoisotopic (exact) mass is 288 g/mol. The maximum absolute atomic E-state index is 12.0. The van der Waals surface area contributed by atoms with Gasteiger partial charge in [-0.3, -0.25) is 4.79 Å². The summed E-state index contributed by atoms with van der Waals surface area (Å²) >= 11 is 0. The van der Waals surface area contributed by atoms with E-state index in [1.165, 1.54) is 0 Å². The van der Waals surface area contributed by atoms with Crippen LogP contribution in [0.15, 0.2) is 36.5 Å². The van der Waals surface area contributed by atoms with Gasteiger partial charge in [0.2, 0.25) is 0 Å². The van der Waals surface area contributed by atoms with Crippen LogP contribution in [0.2, 0.25) is 0 Å². The zero-order valence-electron chi connectivity index (χ0n) is 12.1. The second kappa shape index (κ2) is 7.54. The number of aliphatic hydroxyl groups is 1. The number of benzene rings is 1. The Morgan fingerprint density at radius 3 is 2.86 bits per heavy atom. The molecule has 0 fully saturated rings. The summed E-state index contributed by atoms with van der Waals surface area (Å²) in [7, 11) is 0. The lowest BCUT2D eigenvalue weighted by molar-refractivity contribution is 0.0931. The Hall–Kier alpha value is -2.21. The molecule has 0 spiro atoms. The summed E-state index contributed by atoms with van der Waals surface area (Å²) in [6.07, 6.45) is 3.05. The van der Waals surface area contributed by atoms with Gasteiger partial charge >= 0.3 is 0 Å². The summed E-state index contributed by atoms with van der Waals surface area (Å²) in [5.41, 5.74) is 1.41. The van der Waals surface area contributed by atoms with Gasteiger partial charge in [-0.1, -0.05) is 35.5 Å². The molecule has 0 radical (unpaired) electrons. The molecular weight excluding hydrogens is 268 g/mol. The molecule has 2 rings (SSSR count). The molecule has 2 N–H and O–H groups in total. The first-order chi connectivity index (χ1) is 10.2. The normalized spacial score (nSPS) is 12.1. The first-order valence-corrected chi connectivity index (χ1v) is 7.05. The number of aliphatic hydroxyl groups excluding tert-OH is 1. The van der Waals surface area contributed by atoms with Crippen LogP contribution in [0.1, 0.15) is 35.8 Å². The molecule has 6 nitrogen and oxygen atoms in total. The van der Waals surface area contributed by atoms with Crippen LogP contribution < -0.4 is 5.32 Å². The van der Waals surface area contributed by atoms with E-state index in [-0.39, 0.29) is 18.6 Å². The molecule has 0 aliphatic heterocycles. The molecule has 1 aromatic heterocycles. The zero-order valence-corrected chi connectivity index (χ0v) is 12.1. The summed E-state index contributed by atoms with van der Waals surface area (Å²) in [5, 5.41) is 19.5. The van der Waals surface area contributed by atoms with Crippen LogP contribution >= 0.6 is 0 Å². The minimum atomic E-state index is -0.236. The predicted molar refractivity (Wildman–Crippen MR) is 78.8 cm³/mol. The number of carbonyl (C=O) groups excluding carboxylic acids is 1. The summed E-state index contributed by atoms with van der Waals surface area (Å²) in [6.45, 7) is 2.62. The Labute approximate surface area is 123 Å². The molecule has 0 bridgehead atoms. The van der Waals surface area contributed by atoms with Gasteiger partial charge < -0.3 is 10.4 Å². The molecule has 1 amide bonds. The molecule has 1 atom stereocenters. The van der Waals surface area contributed by atoms with Gasteiger partial charge in [-0.25, -0.2) is 4.68 Å². The van der Waals surface area contributed by atoms with Gasteiger partial charge in [0.15, 0.2) is 5.69 Å². The van der Waals surface area contributed by atoms with E-state index in [1.807, 2.05) is 37.3 Å². The topological polar surface area (TPSA) is 80.0 Å². The number of nitrogens with one attached hydrogen (secondary N) is 1. The highest BCUT2D eigenvalue weighted by molar-refractivity contribution is 5.92. The lowest BCUT2D eigenvalue weighted by Crippen LogP contribution is -2.32. The summed E-state index contributed by atoms with van der Waals surface area (Å²) < 4.78 is 1.64. The molecule has 6 heteroatoms. The molecule has 2 aromatic rings. The second-order valence-corrected chi connectivity index (χ2v) is 5.03. The van der Waals surface area contributed by atoms with Crippen LogP contribution in [0.25, 0.3) is 0 Å². The number of hydrogen-bond acceptors (Lipinski definition) is 4. The number of nitrogens with zero attached hydrogens (tertiary/aromatic N) is 3. The van der Waals surface area contributed by atoms with Crippen molar-refractivity contribution in [1.82, 2.24) is 20.3 Å². The van der Waals surface area contributed by atoms with Crippen LogP contribution in [-0.4, -0.2) is 38.7 Å². The highest BCUT2D eigenvalue weighted by Crippen LogP contribution is 2.03. The summed E-state index contributed by atoms with van der Waals surface area (Å²) in [6, 6.07) is 9.88. The van der Waals surface area contributed by atoms with Gasteiger partial charge in [0.05, 0.1) is 12.7 Å². The molecule has 1 heterocycles. The van der Waals surface area contributed by atoms with E-state index in [4.69, 9.17) is 5.11 Å². The van der Waals surface area contributed by atoms with Crippen molar-refractivity contribution in [2.75, 3.05) is 6.61 Å². The molecule has 112 valence electrons. The fourth-order valence-corrected chi connectivity index (χ4v) is 2.02. The van der Waals surface area contributed by atoms with Crippen LogP contribution in [0.5, 0.6) is 0 Å². The first-order valence-electron chi connectivity index (χ1n) is 7.05. The maximum atomic E-state index is 12.0. The molecule has 0 aliphatic carbocycles. The first kappa shape index (κ1) is 15.2. The Balaban J connectivity index is 1.91. The largest absolute Gasteiger partial charge is 0.396 e. The molecule has 1 aromatic carbocycles. The average Bonchev–Trinajstić information content (AvgIpc) is 2.95. The van der Waals surface area contributed by atoms with E-state index >= 15 is 0 Å². The standard InChI is InChI=1S/C15H20N4O2/c1-12(6-5-9-20)16-15(21)14-11-19(18-17-14)10-13-7-3-2-4-8-13/h2-4,7-8,11-12,20H,5-6,9-10H2,1H3,(H,16,21). The minimum absolute atomic E-state index is 0.00363. The smallest absolute Gasteiger partial charge is 0.273 e. The SMILES string of the molecule is CC(CCCO)NC(=O)c1cn(Cc2ccccc2)nn1. The number of aromatic nitrogens is 3. The quantitative estimate of drug-likeness (QED) is 0.802. The minimum Gasteiger partial charge on any atom is -0.396 e. The number of amides is 1. The lowest BCUT2D eigenvalue weighted by Gasteiger charge is -2.11. The highest BCUT2D eigenvalue weighted by Gasteiger charge is 2.13. The van der Waals surface area contributed by atoms with Gasteiger partial charge in [-0.05, 0) is 25.3 Å². The van der Waals surface area contributed by atoms with E-state index < -0.39 is 0 Å². The fraction of sp³-hybridized carbons (Fsp3) is 0.400. The van der Waals surface area contributed by atoms with Crippen molar-refractivity contribution in [2.24, 2.45) is 0 Å². The third kappa shape index (κ3) is 4.68. The molecule has 21 heavy (non-hydrogen) atoms. The molecule has 0 saturated heterocycles. The van der Waals surface area contributed by atoms with Gasteiger partial charge in [0.25, 0.3) is 5.91 Å². The van der Waals surface area contributed by atoms with Crippen molar-refractivity contribution in [3.63, 3.8) is 0 Å². The van der Waals surface area contributed by atoms with Gasteiger partial charge in [-0.2, -0.15) is 0 Å². The maximum Gasteiger partial charge on any atom is 0.273 e. The highest BCUT2D eigenvalue weighted by atomic mass is 16.3. The summed E-state index contributed by atoms with van der Waals surface area (Å²) in [4.78, 5) is 12.0. The summed E-state index contributed by atoms with van der Waals surface area (Å²) in [5.74, 6) is -0.236. The van der Waals surface area contributed by atoms with Crippen molar-refractivity contribution >= 4 is 5.91 Å². The second-order valence-electron chi connectivity index (χ2n) is 5.03. The van der Waals surface area contributed by atoms with Gasteiger partial charge in [0.1, 0.15) is 0 Å². The van der Waals surface area contributed by atoms with Crippen molar-refractivity contribution in [3.05, 3.63) is 47.8 Å². The van der Waals surface area contributed by atoms with Crippen molar-refractivity contribution in [2.45, 2.75) is 32.4 Å². The fourth-order valence-electron chi connectivity index (χ4n) is 2.02. The number of rotatable bonds is 7. The zero-order chi connectivity index (χ0) is 15.1. The van der Waals surface area contributed by atoms with Gasteiger partial charge in [0, 0.05) is 12.6 Å². The predicted octanol–water partition coefficient (Wildman–Crippen LogP) is 1.22. The lowest BCUT2D eigenvalue weighted by atomic mass is 10.2. The van der Waals surface area contributed by atoms with Crippen molar-refractivity contribution < 1.29 is 9.90 Å². The van der Waals surface area contributed by atoms with Crippen molar-refractivity contribution in [1.29, 1.82) is 0 Å². The van der Waals surface area contributed by atoms with E-state index in [0.717, 1.165) is 12.0 Å². The molecule has 0 aliphatic rings. The third-order valence-electron chi connectivity index (χ3n) is 3.13. The Bertz CT molecular complexity index is 568. The van der Waals surface area contributed by atoms with Gasteiger partial charge in [-0.15, -0.1) is 5.10 Å². The van der Waals surface area contributed by atoms with Crippen LogP contribution in [0, 0.1) is 0 Å². The number of carbonyl (C=O) groups is 1. The van der Waals surface area contributed by atoms with Crippen LogP contribution in [-0.2, 0) is 6.54 Å². The molecular formula is C15H20N4O2. The van der Waals surface area contributed by atoms with E-state index in [2.05, 4.69) is 15.6 Å². The van der Waals surface area contributed by atoms with Crippen molar-refractivity contribution in [3.8, 4) is 0 Å². The molecule has 1 unspecified atom stereocenters. The Kier molecular flexibility index (Phi) is 5.45. The average molecular weight is 288 g/mol.